The van der Waals surface area contributed by atoms with Crippen molar-refractivity contribution in [2.24, 2.45) is 4.99 Å². The van der Waals surface area contributed by atoms with Gasteiger partial charge in [-0.15, -0.1) is 11.8 Å². The van der Waals surface area contributed by atoms with Crippen molar-refractivity contribution in [3.05, 3.63) is 46.2 Å². The molecule has 0 spiro atoms. The molecule has 2 aromatic carbocycles. The normalized spacial score (nSPS) is 11.8. The summed E-state index contributed by atoms with van der Waals surface area (Å²) >= 11 is 8.98. The molecule has 5 nitrogen and oxygen atoms in total. The average Bonchev–Trinajstić information content (AvgIpc) is 3.07. The van der Waals surface area contributed by atoms with E-state index >= 15 is 0 Å². The first kappa shape index (κ1) is 21.7. The second-order valence-corrected chi connectivity index (χ2v) is 8.82. The molecule has 0 aliphatic heterocycles. The minimum atomic E-state index is -0.138. The van der Waals surface area contributed by atoms with Gasteiger partial charge in [0, 0.05) is 28.6 Å². The summed E-state index contributed by atoms with van der Waals surface area (Å²) in [4.78, 5) is 18.7. The molecule has 0 saturated carbocycles. The Bertz CT molecular complexity index is 1060. The van der Waals surface area contributed by atoms with E-state index in [0.717, 1.165) is 39.6 Å². The Morgan fingerprint density at radius 2 is 1.83 bits per heavy atom. The molecule has 1 aromatic heterocycles. The number of amides is 1. The van der Waals surface area contributed by atoms with Crippen LogP contribution in [-0.4, -0.2) is 30.4 Å². The van der Waals surface area contributed by atoms with Crippen LogP contribution in [0.2, 0.25) is 5.02 Å². The fourth-order valence-corrected chi connectivity index (χ4v) is 5.07. The molecule has 1 amide bonds. The van der Waals surface area contributed by atoms with Gasteiger partial charge in [0.05, 0.1) is 14.2 Å². The summed E-state index contributed by atoms with van der Waals surface area (Å²) < 4.78 is 14.0. The smallest absolute Gasteiger partial charge is 0.249 e. The highest BCUT2D eigenvalue weighted by molar-refractivity contribution is 7.99. The quantitative estimate of drug-likeness (QED) is 0.431. The number of benzene rings is 2. The number of hydrogen-bond acceptors (Lipinski definition) is 5. The van der Waals surface area contributed by atoms with E-state index in [-0.39, 0.29) is 5.91 Å². The van der Waals surface area contributed by atoms with Crippen LogP contribution in [0.4, 0.5) is 0 Å². The average molecular weight is 451 g/mol. The number of rotatable bonds is 8. The Morgan fingerprint density at radius 1 is 1.14 bits per heavy atom. The van der Waals surface area contributed by atoms with Crippen LogP contribution in [0.1, 0.15) is 19.8 Å². The zero-order valence-corrected chi connectivity index (χ0v) is 19.0. The van der Waals surface area contributed by atoms with E-state index < -0.39 is 0 Å². The number of aromatic nitrogens is 1. The number of carbonyl (C=O) groups is 1. The molecule has 0 atom stereocenters. The predicted octanol–water partition coefficient (Wildman–Crippen LogP) is 5.39. The molecule has 0 unspecified atom stereocenters. The Hall–Kier alpha value is -1.96. The summed E-state index contributed by atoms with van der Waals surface area (Å²) in [5, 5.41) is 0.705. The molecule has 0 saturated heterocycles. The van der Waals surface area contributed by atoms with E-state index in [0.29, 0.717) is 22.0 Å². The lowest BCUT2D eigenvalue weighted by atomic mass is 10.3. The van der Waals surface area contributed by atoms with Gasteiger partial charge in [-0.1, -0.05) is 29.9 Å². The van der Waals surface area contributed by atoms with Crippen molar-refractivity contribution in [3.63, 3.8) is 0 Å². The first-order chi connectivity index (χ1) is 14.1. The number of carbonyl (C=O) groups excluding carboxylic acids is 1. The monoisotopic (exact) mass is 450 g/mol. The van der Waals surface area contributed by atoms with Gasteiger partial charge in [0.1, 0.15) is 21.7 Å². The van der Waals surface area contributed by atoms with E-state index in [4.69, 9.17) is 21.1 Å². The number of ether oxygens (including phenoxy) is 2. The maximum atomic E-state index is 12.5. The predicted molar refractivity (Wildman–Crippen MR) is 121 cm³/mol. The van der Waals surface area contributed by atoms with Crippen LogP contribution in [0.5, 0.6) is 11.5 Å². The van der Waals surface area contributed by atoms with E-state index in [9.17, 15) is 4.79 Å². The molecular weight excluding hydrogens is 428 g/mol. The van der Waals surface area contributed by atoms with Crippen molar-refractivity contribution in [3.8, 4) is 11.5 Å². The maximum absolute atomic E-state index is 12.5. The highest BCUT2D eigenvalue weighted by Crippen LogP contribution is 2.35. The molecule has 29 heavy (non-hydrogen) atoms. The Labute approximate surface area is 183 Å². The Kier molecular flexibility index (Phi) is 7.64. The highest BCUT2D eigenvalue weighted by Gasteiger charge is 2.16. The number of halogens is 1. The largest absolute Gasteiger partial charge is 0.495 e. The van der Waals surface area contributed by atoms with E-state index in [1.165, 1.54) is 11.3 Å². The van der Waals surface area contributed by atoms with Crippen LogP contribution in [0.25, 0.3) is 10.2 Å². The molecule has 0 N–H and O–H groups in total. The first-order valence-electron chi connectivity index (χ1n) is 9.27. The number of thiazole rings is 1. The minimum absolute atomic E-state index is 0.138. The molecule has 0 aliphatic rings. The van der Waals surface area contributed by atoms with Crippen molar-refractivity contribution in [2.75, 3.05) is 20.0 Å². The molecule has 8 heteroatoms. The summed E-state index contributed by atoms with van der Waals surface area (Å²) in [6, 6.07) is 11.4. The van der Waals surface area contributed by atoms with Gasteiger partial charge in [-0.2, -0.15) is 4.99 Å². The standard InChI is InChI=1S/C21H23ClN2O3S2/c1-4-12-24-19-16(26-2)9-10-17(27-3)20(19)29-21(24)23-18(25)11-13-28-15-7-5-14(22)6-8-15/h5-10H,4,11-13H2,1-3H3. The second kappa shape index (κ2) is 10.2. The Morgan fingerprint density at radius 3 is 2.48 bits per heavy atom. The van der Waals surface area contributed by atoms with Gasteiger partial charge >= 0.3 is 0 Å². The number of methoxy groups -OCH3 is 2. The number of hydrogen-bond donors (Lipinski definition) is 0. The number of fused-ring (bicyclic) bond motifs is 1. The third kappa shape index (κ3) is 5.15. The summed E-state index contributed by atoms with van der Waals surface area (Å²) in [6.07, 6.45) is 1.28. The van der Waals surface area contributed by atoms with E-state index in [1.807, 2.05) is 41.0 Å². The van der Waals surface area contributed by atoms with Crippen molar-refractivity contribution < 1.29 is 14.3 Å². The lowest BCUT2D eigenvalue weighted by Crippen LogP contribution is -2.17. The summed E-state index contributed by atoms with van der Waals surface area (Å²) in [5.41, 5.74) is 0.917. The minimum Gasteiger partial charge on any atom is -0.495 e. The van der Waals surface area contributed by atoms with Gasteiger partial charge in [0.15, 0.2) is 4.80 Å². The zero-order valence-electron chi connectivity index (χ0n) is 16.6. The molecule has 3 aromatic rings. The molecular formula is C21H23ClN2O3S2. The lowest BCUT2D eigenvalue weighted by molar-refractivity contribution is -0.117. The summed E-state index contributed by atoms with van der Waals surface area (Å²) in [5.74, 6) is 2.02. The summed E-state index contributed by atoms with van der Waals surface area (Å²) in [6.45, 7) is 2.84. The first-order valence-corrected chi connectivity index (χ1v) is 11.5. The van der Waals surface area contributed by atoms with Crippen molar-refractivity contribution in [2.45, 2.75) is 31.2 Å². The van der Waals surface area contributed by atoms with Crippen molar-refractivity contribution in [1.82, 2.24) is 4.57 Å². The zero-order chi connectivity index (χ0) is 20.8. The summed E-state index contributed by atoms with van der Waals surface area (Å²) in [7, 11) is 3.28. The fourth-order valence-electron chi connectivity index (χ4n) is 2.92. The van der Waals surface area contributed by atoms with Crippen LogP contribution in [0, 0.1) is 0 Å². The van der Waals surface area contributed by atoms with Crippen LogP contribution >= 0.6 is 34.7 Å². The maximum Gasteiger partial charge on any atom is 0.249 e. The number of thioether (sulfide) groups is 1. The molecule has 0 radical (unpaired) electrons. The van der Waals surface area contributed by atoms with Crippen molar-refractivity contribution >= 4 is 50.8 Å². The third-order valence-corrected chi connectivity index (χ3v) is 6.62. The molecule has 0 bridgehead atoms. The lowest BCUT2D eigenvalue weighted by Gasteiger charge is -2.09. The topological polar surface area (TPSA) is 52.8 Å². The van der Waals surface area contributed by atoms with Gasteiger partial charge in [0.25, 0.3) is 0 Å². The molecule has 3 rings (SSSR count). The second-order valence-electron chi connectivity index (χ2n) is 6.24. The van der Waals surface area contributed by atoms with E-state index in [1.54, 1.807) is 26.0 Å². The highest BCUT2D eigenvalue weighted by atomic mass is 35.5. The molecule has 154 valence electrons. The molecule has 0 fully saturated rings. The number of aryl methyl sites for hydroxylation is 1. The van der Waals surface area contributed by atoms with Crippen LogP contribution in [0.3, 0.4) is 0 Å². The van der Waals surface area contributed by atoms with Gasteiger partial charge in [-0.3, -0.25) is 4.79 Å². The van der Waals surface area contributed by atoms with Gasteiger partial charge < -0.3 is 14.0 Å². The van der Waals surface area contributed by atoms with Gasteiger partial charge in [0.2, 0.25) is 5.91 Å². The molecule has 0 aliphatic carbocycles. The van der Waals surface area contributed by atoms with E-state index in [2.05, 4.69) is 11.9 Å². The van der Waals surface area contributed by atoms with Gasteiger partial charge in [-0.05, 0) is 42.8 Å². The SMILES string of the molecule is CCCn1c(=NC(=O)CCSc2ccc(Cl)cc2)sc2c(OC)ccc(OC)c21. The van der Waals surface area contributed by atoms with Crippen LogP contribution in [0.15, 0.2) is 46.3 Å². The van der Waals surface area contributed by atoms with Crippen LogP contribution < -0.4 is 14.3 Å². The van der Waals surface area contributed by atoms with Crippen LogP contribution in [-0.2, 0) is 11.3 Å². The van der Waals surface area contributed by atoms with Gasteiger partial charge in [-0.25, -0.2) is 0 Å². The molecule has 1 heterocycles. The van der Waals surface area contributed by atoms with Crippen molar-refractivity contribution in [1.29, 1.82) is 0 Å². The fraction of sp³-hybridized carbons (Fsp3) is 0.333. The number of nitrogens with zero attached hydrogens (tertiary/aromatic N) is 2. The Balaban J connectivity index is 1.86. The third-order valence-electron chi connectivity index (χ3n) is 4.26.